The first kappa shape index (κ1) is 19.6. The Balaban J connectivity index is 1.66. The Bertz CT molecular complexity index is 679. The molecule has 5 nitrogen and oxygen atoms in total. The summed E-state index contributed by atoms with van der Waals surface area (Å²) in [5, 5.41) is 6.88. The van der Waals surface area contributed by atoms with Gasteiger partial charge < -0.3 is 15.5 Å². The second kappa shape index (κ2) is 8.72. The van der Waals surface area contributed by atoms with Gasteiger partial charge in [0.1, 0.15) is 12.4 Å². The number of hydrogen-bond acceptors (Lipinski definition) is 2. The third-order valence-corrected chi connectivity index (χ3v) is 5.71. The van der Waals surface area contributed by atoms with Gasteiger partial charge in [0, 0.05) is 32.1 Å². The number of aliphatic imine (C=N–C) groups is 1. The number of carbonyl (C=O) groups excluding carboxylic acids is 1. The molecule has 0 atom stereocenters. The standard InChI is InChI=1S/C21H31FN4O/c1-26(2)19(27)14-23-20(25-16-8-4-3-5-9-16)24-15-21(12-13-21)17-10-6-7-11-18(17)22/h6-7,10-11,16H,3-5,8-9,12-15H2,1-2H3,(H2,23,24,25). The van der Waals surface area contributed by atoms with E-state index < -0.39 is 0 Å². The van der Waals surface area contributed by atoms with Crippen molar-refractivity contribution in [1.29, 1.82) is 0 Å². The van der Waals surface area contributed by atoms with Crippen LogP contribution in [0, 0.1) is 5.82 Å². The Morgan fingerprint density at radius 3 is 2.56 bits per heavy atom. The van der Waals surface area contributed by atoms with Gasteiger partial charge in [-0.15, -0.1) is 0 Å². The molecule has 27 heavy (non-hydrogen) atoms. The smallest absolute Gasteiger partial charge is 0.243 e. The zero-order valence-corrected chi connectivity index (χ0v) is 16.4. The van der Waals surface area contributed by atoms with Gasteiger partial charge in [0.05, 0.1) is 0 Å². The topological polar surface area (TPSA) is 56.7 Å². The third-order valence-electron chi connectivity index (χ3n) is 5.71. The minimum absolute atomic E-state index is 0.0324. The first-order valence-corrected chi connectivity index (χ1v) is 10.0. The lowest BCUT2D eigenvalue weighted by atomic mass is 9.95. The van der Waals surface area contributed by atoms with E-state index in [1.165, 1.54) is 25.3 Å². The van der Waals surface area contributed by atoms with Crippen molar-refractivity contribution in [2.45, 2.75) is 56.4 Å². The number of amides is 1. The van der Waals surface area contributed by atoms with E-state index in [-0.39, 0.29) is 23.7 Å². The quantitative estimate of drug-likeness (QED) is 0.595. The average Bonchev–Trinajstić information content (AvgIpc) is 3.45. The zero-order chi connectivity index (χ0) is 19.3. The van der Waals surface area contributed by atoms with E-state index in [0.29, 0.717) is 18.5 Å². The van der Waals surface area contributed by atoms with Gasteiger partial charge in [-0.05, 0) is 37.3 Å². The predicted molar refractivity (Wildman–Crippen MR) is 106 cm³/mol. The van der Waals surface area contributed by atoms with Crippen LogP contribution in [-0.2, 0) is 10.2 Å². The van der Waals surface area contributed by atoms with Gasteiger partial charge in [0.2, 0.25) is 5.91 Å². The fraction of sp³-hybridized carbons (Fsp3) is 0.619. The number of hydrogen-bond donors (Lipinski definition) is 2. The van der Waals surface area contributed by atoms with Crippen LogP contribution in [-0.4, -0.2) is 50.0 Å². The van der Waals surface area contributed by atoms with Gasteiger partial charge in [-0.25, -0.2) is 9.38 Å². The Labute approximate surface area is 161 Å². The Kier molecular flexibility index (Phi) is 6.34. The van der Waals surface area contributed by atoms with Crippen molar-refractivity contribution in [2.24, 2.45) is 4.99 Å². The molecule has 0 heterocycles. The third kappa shape index (κ3) is 5.21. The lowest BCUT2D eigenvalue weighted by Gasteiger charge is -2.26. The SMILES string of the molecule is CN(C)C(=O)CN=C(NCC1(c2ccccc2F)CC1)NC1CCCCC1. The molecule has 6 heteroatoms. The molecule has 2 N–H and O–H groups in total. The normalized spacial score (nSPS) is 19.4. The molecule has 0 radical (unpaired) electrons. The second-order valence-electron chi connectivity index (χ2n) is 8.05. The summed E-state index contributed by atoms with van der Waals surface area (Å²) in [6.45, 7) is 0.740. The summed E-state index contributed by atoms with van der Waals surface area (Å²) in [6.07, 6.45) is 7.92. The van der Waals surface area contributed by atoms with Crippen LogP contribution in [0.2, 0.25) is 0 Å². The highest BCUT2D eigenvalue weighted by Crippen LogP contribution is 2.48. The lowest BCUT2D eigenvalue weighted by molar-refractivity contribution is -0.127. The number of carbonyl (C=O) groups is 1. The van der Waals surface area contributed by atoms with E-state index in [2.05, 4.69) is 15.6 Å². The number of likely N-dealkylation sites (N-methyl/N-ethyl adjacent to an activating group) is 1. The van der Waals surface area contributed by atoms with Crippen molar-refractivity contribution in [3.8, 4) is 0 Å². The summed E-state index contributed by atoms with van der Waals surface area (Å²) in [5.41, 5.74) is 0.616. The van der Waals surface area contributed by atoms with Gasteiger partial charge in [-0.2, -0.15) is 0 Å². The van der Waals surface area contributed by atoms with Gasteiger partial charge >= 0.3 is 0 Å². The molecule has 3 rings (SSSR count). The number of benzene rings is 1. The number of rotatable bonds is 6. The Hall–Kier alpha value is -2.11. The fourth-order valence-electron chi connectivity index (χ4n) is 3.72. The fourth-order valence-corrected chi connectivity index (χ4v) is 3.72. The van der Waals surface area contributed by atoms with Crippen molar-refractivity contribution in [2.75, 3.05) is 27.2 Å². The summed E-state index contributed by atoms with van der Waals surface area (Å²) in [5.74, 6) is 0.494. The molecule has 0 aliphatic heterocycles. The molecule has 2 fully saturated rings. The van der Waals surface area contributed by atoms with E-state index in [9.17, 15) is 9.18 Å². The molecule has 2 aliphatic carbocycles. The lowest BCUT2D eigenvalue weighted by Crippen LogP contribution is -2.47. The summed E-state index contributed by atoms with van der Waals surface area (Å²) >= 11 is 0. The highest BCUT2D eigenvalue weighted by Gasteiger charge is 2.45. The number of halogens is 1. The molecule has 0 bridgehead atoms. The summed E-state index contributed by atoms with van der Waals surface area (Å²) < 4.78 is 14.2. The first-order valence-electron chi connectivity index (χ1n) is 10.0. The molecule has 148 valence electrons. The highest BCUT2D eigenvalue weighted by molar-refractivity contribution is 5.85. The summed E-state index contributed by atoms with van der Waals surface area (Å²) in [4.78, 5) is 18.0. The first-order chi connectivity index (χ1) is 13.0. The molecule has 0 aromatic heterocycles. The molecule has 1 aromatic carbocycles. The molecule has 0 unspecified atom stereocenters. The van der Waals surface area contributed by atoms with Gasteiger partial charge in [-0.3, -0.25) is 4.79 Å². The van der Waals surface area contributed by atoms with Crippen molar-refractivity contribution >= 4 is 11.9 Å². The predicted octanol–water partition coefficient (Wildman–Crippen LogP) is 2.81. The molecule has 2 saturated carbocycles. The second-order valence-corrected chi connectivity index (χ2v) is 8.05. The van der Waals surface area contributed by atoms with Crippen molar-refractivity contribution in [3.05, 3.63) is 35.6 Å². The molecule has 0 spiro atoms. The van der Waals surface area contributed by atoms with Crippen LogP contribution >= 0.6 is 0 Å². The molecule has 1 aromatic rings. The average molecular weight is 375 g/mol. The maximum absolute atomic E-state index is 14.2. The number of nitrogens with one attached hydrogen (secondary N) is 2. The highest BCUT2D eigenvalue weighted by atomic mass is 19.1. The van der Waals surface area contributed by atoms with Crippen LogP contribution in [0.5, 0.6) is 0 Å². The van der Waals surface area contributed by atoms with Crippen LogP contribution in [0.15, 0.2) is 29.3 Å². The van der Waals surface area contributed by atoms with Crippen molar-refractivity contribution in [1.82, 2.24) is 15.5 Å². The van der Waals surface area contributed by atoms with Gasteiger partial charge in [0.15, 0.2) is 5.96 Å². The maximum Gasteiger partial charge on any atom is 0.243 e. The Morgan fingerprint density at radius 2 is 1.93 bits per heavy atom. The summed E-state index contributed by atoms with van der Waals surface area (Å²) in [7, 11) is 3.47. The minimum atomic E-state index is -0.161. The van der Waals surface area contributed by atoms with Crippen LogP contribution in [0.3, 0.4) is 0 Å². The number of nitrogens with zero attached hydrogens (tertiary/aromatic N) is 2. The largest absolute Gasteiger partial charge is 0.355 e. The van der Waals surface area contributed by atoms with Gasteiger partial charge in [0.25, 0.3) is 0 Å². The van der Waals surface area contributed by atoms with E-state index in [0.717, 1.165) is 31.2 Å². The van der Waals surface area contributed by atoms with E-state index in [1.807, 2.05) is 12.1 Å². The van der Waals surface area contributed by atoms with Crippen LogP contribution in [0.25, 0.3) is 0 Å². The van der Waals surface area contributed by atoms with Crippen LogP contribution in [0.4, 0.5) is 4.39 Å². The van der Waals surface area contributed by atoms with Crippen LogP contribution < -0.4 is 10.6 Å². The number of guanidine groups is 1. The Morgan fingerprint density at radius 1 is 1.22 bits per heavy atom. The van der Waals surface area contributed by atoms with E-state index in [1.54, 1.807) is 25.1 Å². The molecular formula is C21H31FN4O. The van der Waals surface area contributed by atoms with E-state index in [4.69, 9.17) is 0 Å². The molecule has 2 aliphatic rings. The minimum Gasteiger partial charge on any atom is -0.355 e. The molecule has 0 saturated heterocycles. The molecule has 1 amide bonds. The van der Waals surface area contributed by atoms with Gasteiger partial charge in [-0.1, -0.05) is 37.5 Å². The monoisotopic (exact) mass is 374 g/mol. The molecular weight excluding hydrogens is 343 g/mol. The van der Waals surface area contributed by atoms with Crippen molar-refractivity contribution < 1.29 is 9.18 Å². The zero-order valence-electron chi connectivity index (χ0n) is 16.4. The van der Waals surface area contributed by atoms with Crippen LogP contribution in [0.1, 0.15) is 50.5 Å². The summed E-state index contributed by atoms with van der Waals surface area (Å²) in [6, 6.07) is 7.42. The van der Waals surface area contributed by atoms with E-state index >= 15 is 0 Å². The van der Waals surface area contributed by atoms with Crippen molar-refractivity contribution in [3.63, 3.8) is 0 Å². The maximum atomic E-state index is 14.2.